The summed E-state index contributed by atoms with van der Waals surface area (Å²) in [6.45, 7) is 17.6. The summed E-state index contributed by atoms with van der Waals surface area (Å²) in [5.74, 6) is -7.28. The predicted octanol–water partition coefficient (Wildman–Crippen LogP) is 2.26. The van der Waals surface area contributed by atoms with Gasteiger partial charge in [-0.25, -0.2) is 10.2 Å². The van der Waals surface area contributed by atoms with Gasteiger partial charge in [-0.1, -0.05) is 73.9 Å². The van der Waals surface area contributed by atoms with Crippen molar-refractivity contribution in [3.05, 3.63) is 29.8 Å². The number of nitrogens with one attached hydrogen (secondary N) is 4. The molecule has 0 bridgehead atoms. The maximum Gasteiger partial charge on any atom is 0.329 e. The molecule has 0 aliphatic carbocycles. The van der Waals surface area contributed by atoms with Crippen LogP contribution in [0.5, 0.6) is 5.75 Å². The third-order valence-corrected chi connectivity index (χ3v) is 13.3. The highest BCUT2D eigenvalue weighted by Gasteiger charge is 2.45. The van der Waals surface area contributed by atoms with Crippen molar-refractivity contribution in [2.45, 2.75) is 169 Å². The third-order valence-electron chi connectivity index (χ3n) is 13.3. The third kappa shape index (κ3) is 14.2. The van der Waals surface area contributed by atoms with Crippen LogP contribution < -0.4 is 26.1 Å². The second-order valence-corrected chi connectivity index (χ2v) is 19.9. The van der Waals surface area contributed by atoms with Crippen molar-refractivity contribution in [2.75, 3.05) is 27.4 Å². The molecule has 1 aromatic rings. The number of Topliss-reactive ketones (excluding diaryl/α,β-unsaturated/α-hetero) is 1. The van der Waals surface area contributed by atoms with E-state index in [0.717, 1.165) is 0 Å². The van der Waals surface area contributed by atoms with Gasteiger partial charge in [0.25, 0.3) is 5.91 Å². The van der Waals surface area contributed by atoms with Crippen molar-refractivity contribution in [2.24, 2.45) is 29.6 Å². The second kappa shape index (κ2) is 24.9. The minimum atomic E-state index is -1.54. The maximum atomic E-state index is 14.7. The Balaban J connectivity index is 1.84. The molecule has 19 nitrogen and oxygen atoms in total. The first-order chi connectivity index (χ1) is 32.0. The first kappa shape index (κ1) is 55.5. The normalized spacial score (nSPS) is 29.6. The Hall–Kier alpha value is -5.14. The maximum absolute atomic E-state index is 14.7. The summed E-state index contributed by atoms with van der Waals surface area (Å²) < 4.78 is 17.2. The zero-order chi connectivity index (χ0) is 50.7. The number of fused-ring (bicyclic) bond motifs is 1. The van der Waals surface area contributed by atoms with Gasteiger partial charge in [-0.3, -0.25) is 43.9 Å². The van der Waals surface area contributed by atoms with Gasteiger partial charge in [-0.2, -0.15) is 0 Å². The number of aliphatic hydroxyl groups excluding tert-OH is 1. The lowest BCUT2D eigenvalue weighted by Crippen LogP contribution is -2.62. The molecule has 3 aliphatic heterocycles. The van der Waals surface area contributed by atoms with Crippen LogP contribution >= 0.6 is 0 Å². The molecule has 0 saturated carbocycles. The van der Waals surface area contributed by atoms with Crippen LogP contribution in [0.25, 0.3) is 0 Å². The van der Waals surface area contributed by atoms with Gasteiger partial charge in [-0.05, 0) is 80.9 Å². The molecule has 5 unspecified atom stereocenters. The highest BCUT2D eigenvalue weighted by atomic mass is 16.6. The molecule has 4 rings (SSSR count). The smallest absolute Gasteiger partial charge is 0.329 e. The van der Waals surface area contributed by atoms with Crippen molar-refractivity contribution in [1.29, 1.82) is 0 Å². The number of aliphatic hydroxyl groups is 1. The summed E-state index contributed by atoms with van der Waals surface area (Å²) in [6.07, 6.45) is -3.08. The number of nitrogens with zero attached hydrogens (tertiary/aromatic N) is 3. The second-order valence-electron chi connectivity index (χ2n) is 19.9. The van der Waals surface area contributed by atoms with Crippen molar-refractivity contribution in [3.63, 3.8) is 0 Å². The number of ketones is 1. The fraction of sp³-hybridized carbons (Fsp3) is 0.714. The van der Waals surface area contributed by atoms with Crippen LogP contribution in [-0.2, 0) is 54.3 Å². The average Bonchev–Trinajstić information content (AvgIpc) is 3.91. The van der Waals surface area contributed by atoms with Crippen LogP contribution in [0, 0.1) is 29.6 Å². The quantitative estimate of drug-likeness (QED) is 0.149. The molecule has 0 spiro atoms. The largest absolute Gasteiger partial charge is 0.497 e. The number of cyclic esters (lactones) is 2. The van der Waals surface area contributed by atoms with Crippen LogP contribution in [0.4, 0.5) is 0 Å². The number of hydrogen-bond donors (Lipinski definition) is 5. The molecular weight excluding hydrogens is 879 g/mol. The minimum Gasteiger partial charge on any atom is -0.497 e. The van der Waals surface area contributed by atoms with E-state index in [2.05, 4.69) is 21.4 Å². The van der Waals surface area contributed by atoms with Gasteiger partial charge < -0.3 is 39.8 Å². The summed E-state index contributed by atoms with van der Waals surface area (Å²) in [4.78, 5) is 116. The summed E-state index contributed by atoms with van der Waals surface area (Å²) in [7, 11) is 2.97. The first-order valence-corrected chi connectivity index (χ1v) is 24.2. The zero-order valence-electron chi connectivity index (χ0n) is 42.0. The summed E-state index contributed by atoms with van der Waals surface area (Å²) in [5, 5.41) is 21.7. The monoisotopic (exact) mass is 956 g/mol. The Labute approximate surface area is 401 Å². The number of carbonyl (C=O) groups is 8. The van der Waals surface area contributed by atoms with E-state index < -0.39 is 120 Å². The average molecular weight is 956 g/mol. The number of benzene rings is 1. The standard InChI is InChI=1S/C49H77N7O12/c1-13-29(8)40-38(57)24-39(58)68-43(28(6)7)42(59)30(9)44(60)51-35(22-27(4)5)46(62)55-20-14-15-36(55)48(64)54(11)37(23-32-16-18-33(66-12)19-17-32)49(65)67-31(10)41(45(61)52-40)53-56-25-50-34(47(56)63)21-26(2)3/h16-19,26-31,34-38,40-41,43,50,53,57H,13-15,20-25H2,1-12H3,(H,51,60)(H,52,61)/t29-,30-,31+,34-,35?,36-,37?,38-,40?,41?,43?/m0/s1. The Morgan fingerprint density at radius 1 is 0.838 bits per heavy atom. The van der Waals surface area contributed by atoms with Gasteiger partial charge in [0.15, 0.2) is 11.9 Å². The van der Waals surface area contributed by atoms with Crippen molar-refractivity contribution < 1.29 is 57.7 Å². The van der Waals surface area contributed by atoms with Crippen LogP contribution in [0.15, 0.2) is 24.3 Å². The van der Waals surface area contributed by atoms with Crippen molar-refractivity contribution in [1.82, 2.24) is 36.2 Å². The van der Waals surface area contributed by atoms with E-state index in [1.54, 1.807) is 45.0 Å². The van der Waals surface area contributed by atoms with E-state index in [1.165, 1.54) is 42.8 Å². The first-order valence-electron chi connectivity index (χ1n) is 24.2. The lowest BCUT2D eigenvalue weighted by molar-refractivity contribution is -0.163. The van der Waals surface area contributed by atoms with Crippen LogP contribution in [-0.4, -0.2) is 149 Å². The van der Waals surface area contributed by atoms with Crippen molar-refractivity contribution >= 4 is 47.3 Å². The van der Waals surface area contributed by atoms with Gasteiger partial charge in [0.05, 0.1) is 44.3 Å². The Kier molecular flexibility index (Phi) is 20.3. The number of rotatable bonds is 12. The van der Waals surface area contributed by atoms with E-state index in [0.29, 0.717) is 30.6 Å². The molecule has 1 aromatic carbocycles. The number of carbonyl (C=O) groups excluding carboxylic acids is 8. The van der Waals surface area contributed by atoms with Crippen molar-refractivity contribution in [3.8, 4) is 5.75 Å². The summed E-state index contributed by atoms with van der Waals surface area (Å²) >= 11 is 0. The predicted molar refractivity (Wildman–Crippen MR) is 251 cm³/mol. The zero-order valence-corrected chi connectivity index (χ0v) is 42.0. The lowest BCUT2D eigenvalue weighted by atomic mass is 9.91. The van der Waals surface area contributed by atoms with E-state index in [1.807, 2.05) is 34.6 Å². The molecule has 11 atom stereocenters. The lowest BCUT2D eigenvalue weighted by Gasteiger charge is -2.36. The van der Waals surface area contributed by atoms with Crippen LogP contribution in [0.1, 0.15) is 113 Å². The summed E-state index contributed by atoms with van der Waals surface area (Å²) in [6, 6.07) is 0.377. The number of amides is 5. The Morgan fingerprint density at radius 2 is 1.47 bits per heavy atom. The fourth-order valence-electron chi connectivity index (χ4n) is 8.93. The van der Waals surface area contributed by atoms with E-state index in [-0.39, 0.29) is 50.2 Å². The molecule has 380 valence electrons. The number of hydrogen-bond acceptors (Lipinski definition) is 14. The molecule has 5 amide bonds. The van der Waals surface area contributed by atoms with Crippen LogP contribution in [0.2, 0.25) is 0 Å². The minimum absolute atomic E-state index is 0.0192. The molecule has 3 aliphatic rings. The van der Waals surface area contributed by atoms with Gasteiger partial charge in [-0.15, -0.1) is 0 Å². The van der Waals surface area contributed by atoms with E-state index in [4.69, 9.17) is 14.2 Å². The topological polar surface area (TPSA) is 242 Å². The molecule has 5 N–H and O–H groups in total. The molecular formula is C49H77N7O12. The fourth-order valence-corrected chi connectivity index (χ4v) is 8.93. The Morgan fingerprint density at radius 3 is 2.06 bits per heavy atom. The number of methoxy groups -OCH3 is 1. The molecule has 3 fully saturated rings. The van der Waals surface area contributed by atoms with Gasteiger partial charge in [0.1, 0.15) is 36.0 Å². The van der Waals surface area contributed by atoms with E-state index >= 15 is 0 Å². The number of likely N-dealkylation sites (N-methyl/N-ethyl adjacent to an activating group) is 1. The molecule has 3 saturated heterocycles. The number of hydrazine groups is 1. The highest BCUT2D eigenvalue weighted by molar-refractivity contribution is 6.05. The molecule has 0 radical (unpaired) electrons. The Bertz CT molecular complexity index is 1950. The number of ether oxygens (including phenoxy) is 3. The van der Waals surface area contributed by atoms with Gasteiger partial charge in [0, 0.05) is 20.0 Å². The SMILES string of the molecule is CC[C@H](C)C1NC(=O)C(NN2CN[C@@H](CC(C)C)C2=O)[C@@H](C)OC(=O)C(Cc2ccc(OC)cc2)N(C)C(=O)[C@@H]2CCCN2C(=O)C(CC(C)C)NC(=O)[C@@H](C)C(=O)C(C(C)C)OC(=O)C[C@@H]1O. The molecule has 3 heterocycles. The highest BCUT2D eigenvalue weighted by Crippen LogP contribution is 2.26. The van der Waals surface area contributed by atoms with Gasteiger partial charge in [0.2, 0.25) is 23.6 Å². The molecule has 0 aromatic heterocycles. The van der Waals surface area contributed by atoms with E-state index in [9.17, 15) is 43.5 Å². The molecule has 19 heteroatoms. The molecule has 68 heavy (non-hydrogen) atoms. The van der Waals surface area contributed by atoms with Crippen LogP contribution in [0.3, 0.4) is 0 Å². The summed E-state index contributed by atoms with van der Waals surface area (Å²) in [5.41, 5.74) is 3.62. The number of esters is 2. The van der Waals surface area contributed by atoms with Gasteiger partial charge >= 0.3 is 11.9 Å².